The van der Waals surface area contributed by atoms with Crippen LogP contribution in [0.4, 0.5) is 17.5 Å². The zero-order valence-corrected chi connectivity index (χ0v) is 17.4. The lowest BCUT2D eigenvalue weighted by atomic mass is 10.1. The molecule has 0 saturated carbocycles. The summed E-state index contributed by atoms with van der Waals surface area (Å²) in [6.07, 6.45) is 2.13. The average Bonchev–Trinajstić information content (AvgIpc) is 3.08. The lowest BCUT2D eigenvalue weighted by molar-refractivity contribution is -0.130. The number of nitrogens with one attached hydrogen (secondary N) is 1. The van der Waals surface area contributed by atoms with Crippen LogP contribution in [0.5, 0.6) is 0 Å². The van der Waals surface area contributed by atoms with E-state index in [1.165, 1.54) is 0 Å². The highest BCUT2D eigenvalue weighted by molar-refractivity contribution is 5.79. The van der Waals surface area contributed by atoms with Gasteiger partial charge >= 0.3 is 0 Å². The van der Waals surface area contributed by atoms with Crippen molar-refractivity contribution in [2.75, 3.05) is 36.4 Å². The maximum Gasteiger partial charge on any atom is 0.227 e. The Morgan fingerprint density at radius 2 is 1.80 bits per heavy atom. The van der Waals surface area contributed by atoms with E-state index in [2.05, 4.69) is 30.6 Å². The standard InChI is InChI=1S/C21H25N7O2/c1-14-4-5-18(22-13-14)23-19-6-7-20(25-24-19)27-8-10-28(11-9-27)21(29)12-17-15(2)26-30-16(17)3/h4-7,13H,8-12H2,1-3H3,(H,22,23,24). The minimum atomic E-state index is 0.0975. The van der Waals surface area contributed by atoms with Gasteiger partial charge in [-0.3, -0.25) is 4.79 Å². The zero-order valence-electron chi connectivity index (χ0n) is 17.4. The molecule has 1 amide bonds. The van der Waals surface area contributed by atoms with Crippen molar-refractivity contribution in [3.63, 3.8) is 0 Å². The Bertz CT molecular complexity index is 987. The maximum absolute atomic E-state index is 12.6. The van der Waals surface area contributed by atoms with Crippen molar-refractivity contribution in [1.29, 1.82) is 0 Å². The molecule has 0 aliphatic carbocycles. The molecule has 0 radical (unpaired) electrons. The van der Waals surface area contributed by atoms with Crippen molar-refractivity contribution in [3.05, 3.63) is 53.0 Å². The first-order valence-corrected chi connectivity index (χ1v) is 9.97. The van der Waals surface area contributed by atoms with E-state index in [0.717, 1.165) is 28.5 Å². The van der Waals surface area contributed by atoms with Crippen LogP contribution in [0.25, 0.3) is 0 Å². The molecule has 4 rings (SSSR count). The molecule has 30 heavy (non-hydrogen) atoms. The Hall–Kier alpha value is -3.49. The second-order valence-corrected chi connectivity index (χ2v) is 7.47. The lowest BCUT2D eigenvalue weighted by Crippen LogP contribution is -2.49. The number of nitrogens with zero attached hydrogens (tertiary/aromatic N) is 6. The summed E-state index contributed by atoms with van der Waals surface area (Å²) in [6, 6.07) is 7.72. The Kier molecular flexibility index (Phi) is 5.60. The first-order valence-electron chi connectivity index (χ1n) is 9.97. The first-order chi connectivity index (χ1) is 14.5. The maximum atomic E-state index is 12.6. The van der Waals surface area contributed by atoms with Crippen molar-refractivity contribution >= 4 is 23.4 Å². The number of aromatic nitrogens is 4. The van der Waals surface area contributed by atoms with Crippen LogP contribution in [-0.4, -0.2) is 57.3 Å². The van der Waals surface area contributed by atoms with Gasteiger partial charge in [0.1, 0.15) is 11.6 Å². The molecule has 9 heteroatoms. The SMILES string of the molecule is Cc1ccc(Nc2ccc(N3CCN(C(=O)Cc4c(C)noc4C)CC3)nn2)nc1. The van der Waals surface area contributed by atoms with Crippen molar-refractivity contribution in [2.24, 2.45) is 0 Å². The number of piperazine rings is 1. The predicted molar refractivity (Wildman–Crippen MR) is 113 cm³/mol. The molecule has 1 aliphatic rings. The molecule has 1 fully saturated rings. The fourth-order valence-electron chi connectivity index (χ4n) is 3.44. The third-order valence-electron chi connectivity index (χ3n) is 5.28. The third-order valence-corrected chi connectivity index (χ3v) is 5.28. The van der Waals surface area contributed by atoms with Gasteiger partial charge < -0.3 is 19.6 Å². The van der Waals surface area contributed by atoms with Gasteiger partial charge in [0.15, 0.2) is 11.6 Å². The van der Waals surface area contributed by atoms with Crippen LogP contribution < -0.4 is 10.2 Å². The Morgan fingerprint density at radius 3 is 2.40 bits per heavy atom. The van der Waals surface area contributed by atoms with Crippen LogP contribution in [0.2, 0.25) is 0 Å². The van der Waals surface area contributed by atoms with Gasteiger partial charge in [0.05, 0.1) is 12.1 Å². The van der Waals surface area contributed by atoms with Crippen LogP contribution in [0.3, 0.4) is 0 Å². The van der Waals surface area contributed by atoms with E-state index in [-0.39, 0.29) is 5.91 Å². The monoisotopic (exact) mass is 407 g/mol. The highest BCUT2D eigenvalue weighted by Gasteiger charge is 2.24. The Morgan fingerprint density at radius 1 is 1.03 bits per heavy atom. The van der Waals surface area contributed by atoms with Crippen LogP contribution in [0, 0.1) is 20.8 Å². The topological polar surface area (TPSA) is 100 Å². The smallest absolute Gasteiger partial charge is 0.227 e. The van der Waals surface area contributed by atoms with Gasteiger partial charge in [-0.05, 0) is 44.5 Å². The largest absolute Gasteiger partial charge is 0.361 e. The molecule has 3 aromatic rings. The van der Waals surface area contributed by atoms with Gasteiger partial charge in [0.2, 0.25) is 5.91 Å². The number of carbonyl (C=O) groups is 1. The molecular formula is C21H25N7O2. The molecule has 1 saturated heterocycles. The lowest BCUT2D eigenvalue weighted by Gasteiger charge is -2.35. The van der Waals surface area contributed by atoms with Gasteiger partial charge in [0, 0.05) is 37.9 Å². The van der Waals surface area contributed by atoms with E-state index in [1.807, 2.05) is 49.9 Å². The van der Waals surface area contributed by atoms with E-state index in [0.29, 0.717) is 44.2 Å². The van der Waals surface area contributed by atoms with Crippen LogP contribution in [-0.2, 0) is 11.2 Å². The molecule has 0 bridgehead atoms. The predicted octanol–water partition coefficient (Wildman–Crippen LogP) is 2.42. The molecule has 3 aromatic heterocycles. The number of pyridine rings is 1. The molecule has 9 nitrogen and oxygen atoms in total. The molecule has 4 heterocycles. The molecule has 0 unspecified atom stereocenters. The highest BCUT2D eigenvalue weighted by Crippen LogP contribution is 2.18. The summed E-state index contributed by atoms with van der Waals surface area (Å²) in [4.78, 5) is 21.0. The zero-order chi connectivity index (χ0) is 21.1. The summed E-state index contributed by atoms with van der Waals surface area (Å²) in [7, 11) is 0. The van der Waals surface area contributed by atoms with Gasteiger partial charge in [-0.2, -0.15) is 0 Å². The summed E-state index contributed by atoms with van der Waals surface area (Å²) < 4.78 is 5.16. The van der Waals surface area contributed by atoms with E-state index in [4.69, 9.17) is 4.52 Å². The van der Waals surface area contributed by atoms with Gasteiger partial charge in [-0.25, -0.2) is 4.98 Å². The second kappa shape index (κ2) is 8.48. The molecule has 0 atom stereocenters. The van der Waals surface area contributed by atoms with E-state index >= 15 is 0 Å². The van der Waals surface area contributed by atoms with E-state index in [9.17, 15) is 4.79 Å². The summed E-state index contributed by atoms with van der Waals surface area (Å²) >= 11 is 0. The third kappa shape index (κ3) is 4.40. The molecule has 1 N–H and O–H groups in total. The number of aryl methyl sites for hydroxylation is 3. The molecular weight excluding hydrogens is 382 g/mol. The summed E-state index contributed by atoms with van der Waals surface area (Å²) in [5.74, 6) is 2.98. The number of anilines is 3. The Labute approximate surface area is 175 Å². The molecule has 0 spiro atoms. The molecule has 1 aliphatic heterocycles. The minimum Gasteiger partial charge on any atom is -0.361 e. The fourth-order valence-corrected chi connectivity index (χ4v) is 3.44. The first kappa shape index (κ1) is 19.8. The van der Waals surface area contributed by atoms with Gasteiger partial charge in [-0.15, -0.1) is 10.2 Å². The number of amides is 1. The van der Waals surface area contributed by atoms with Crippen LogP contribution in [0.1, 0.15) is 22.6 Å². The normalized spacial score (nSPS) is 14.1. The van der Waals surface area contributed by atoms with Crippen molar-refractivity contribution in [3.8, 4) is 0 Å². The van der Waals surface area contributed by atoms with Crippen molar-refractivity contribution < 1.29 is 9.32 Å². The molecule has 0 aromatic carbocycles. The fraction of sp³-hybridized carbons (Fsp3) is 0.381. The number of hydrogen-bond donors (Lipinski definition) is 1. The number of hydrogen-bond acceptors (Lipinski definition) is 8. The Balaban J connectivity index is 1.31. The van der Waals surface area contributed by atoms with E-state index in [1.54, 1.807) is 6.20 Å². The number of rotatable bonds is 5. The van der Waals surface area contributed by atoms with Gasteiger partial charge in [0.25, 0.3) is 0 Å². The van der Waals surface area contributed by atoms with Crippen molar-refractivity contribution in [1.82, 2.24) is 25.2 Å². The average molecular weight is 407 g/mol. The van der Waals surface area contributed by atoms with Gasteiger partial charge in [-0.1, -0.05) is 11.2 Å². The van der Waals surface area contributed by atoms with Crippen LogP contribution in [0.15, 0.2) is 35.0 Å². The van der Waals surface area contributed by atoms with Crippen LogP contribution >= 0.6 is 0 Å². The highest BCUT2D eigenvalue weighted by atomic mass is 16.5. The summed E-state index contributed by atoms with van der Waals surface area (Å²) in [5, 5.41) is 15.7. The summed E-state index contributed by atoms with van der Waals surface area (Å²) in [5.41, 5.74) is 2.77. The number of carbonyl (C=O) groups excluding carboxylic acids is 1. The van der Waals surface area contributed by atoms with E-state index < -0.39 is 0 Å². The second-order valence-electron chi connectivity index (χ2n) is 7.47. The molecule has 156 valence electrons. The van der Waals surface area contributed by atoms with Crippen molar-refractivity contribution in [2.45, 2.75) is 27.2 Å². The summed E-state index contributed by atoms with van der Waals surface area (Å²) in [6.45, 7) is 8.43. The minimum absolute atomic E-state index is 0.0975. The quantitative estimate of drug-likeness (QED) is 0.688.